The van der Waals surface area contributed by atoms with Crippen LogP contribution >= 0.6 is 0 Å². The van der Waals surface area contributed by atoms with Crippen LogP contribution in [0.25, 0.3) is 0 Å². The Bertz CT molecular complexity index is 628. The van der Waals surface area contributed by atoms with Gasteiger partial charge < -0.3 is 5.32 Å². The van der Waals surface area contributed by atoms with Crippen molar-refractivity contribution in [2.75, 3.05) is 13.1 Å². The summed E-state index contributed by atoms with van der Waals surface area (Å²) in [6.45, 7) is 10.7. The minimum absolute atomic E-state index is 0.179. The van der Waals surface area contributed by atoms with Gasteiger partial charge >= 0.3 is 0 Å². The predicted molar refractivity (Wildman–Crippen MR) is 94.9 cm³/mol. The smallest absolute Gasteiger partial charge is 0.273 e. The molecule has 0 aliphatic heterocycles. The number of amides is 1. The Morgan fingerprint density at radius 3 is 2.46 bits per heavy atom. The highest BCUT2D eigenvalue weighted by Crippen LogP contribution is 2.04. The molecule has 1 aromatic heterocycles. The Balaban J connectivity index is 1.85. The molecular formula is C18H27N5O. The molecule has 0 unspecified atom stereocenters. The van der Waals surface area contributed by atoms with Gasteiger partial charge in [-0.15, -0.1) is 5.10 Å². The van der Waals surface area contributed by atoms with Crippen LogP contribution in [0, 0.1) is 0 Å². The number of benzene rings is 1. The highest BCUT2D eigenvalue weighted by Gasteiger charge is 2.15. The lowest BCUT2D eigenvalue weighted by molar-refractivity contribution is 0.0934. The van der Waals surface area contributed by atoms with Crippen molar-refractivity contribution in [2.45, 2.75) is 46.3 Å². The number of nitrogens with one attached hydrogen (secondary N) is 1. The zero-order valence-corrected chi connectivity index (χ0v) is 14.9. The van der Waals surface area contributed by atoms with Gasteiger partial charge in [0.05, 0.1) is 12.7 Å². The molecule has 0 spiro atoms. The average Bonchev–Trinajstić information content (AvgIpc) is 3.00. The third kappa shape index (κ3) is 5.16. The first-order chi connectivity index (χ1) is 11.5. The van der Waals surface area contributed by atoms with Crippen LogP contribution in [0.1, 0.15) is 43.7 Å². The Kier molecular flexibility index (Phi) is 6.49. The van der Waals surface area contributed by atoms with Crippen LogP contribution in [-0.2, 0) is 6.54 Å². The van der Waals surface area contributed by atoms with Gasteiger partial charge in [0.2, 0.25) is 0 Å². The molecule has 2 aromatic rings. The van der Waals surface area contributed by atoms with Crippen molar-refractivity contribution in [3.63, 3.8) is 0 Å². The van der Waals surface area contributed by atoms with E-state index in [-0.39, 0.29) is 5.91 Å². The summed E-state index contributed by atoms with van der Waals surface area (Å²) in [5.74, 6) is -0.179. The average molecular weight is 329 g/mol. The Morgan fingerprint density at radius 1 is 1.17 bits per heavy atom. The van der Waals surface area contributed by atoms with E-state index in [1.165, 1.54) is 0 Å². The molecule has 6 heteroatoms. The first-order valence-corrected chi connectivity index (χ1v) is 8.45. The fraction of sp³-hybridized carbons (Fsp3) is 0.500. The number of aromatic nitrogens is 3. The molecule has 0 atom stereocenters. The highest BCUT2D eigenvalue weighted by atomic mass is 16.2. The summed E-state index contributed by atoms with van der Waals surface area (Å²) < 4.78 is 1.68. The molecule has 0 aliphatic carbocycles. The standard InChI is InChI=1S/C18H27N5O/c1-14(2)23(15(3)4)11-10-19-18(24)17-13-22(21-20-17)12-16-8-6-5-7-9-16/h5-9,13-15H,10-12H2,1-4H3,(H,19,24). The first-order valence-electron chi connectivity index (χ1n) is 8.45. The number of carbonyl (C=O) groups is 1. The van der Waals surface area contributed by atoms with Crippen LogP contribution in [0.15, 0.2) is 36.5 Å². The Labute approximate surface area is 143 Å². The zero-order chi connectivity index (χ0) is 17.5. The van der Waals surface area contributed by atoms with Crippen molar-refractivity contribution >= 4 is 5.91 Å². The van der Waals surface area contributed by atoms with Crippen molar-refractivity contribution in [2.24, 2.45) is 0 Å². The number of nitrogens with zero attached hydrogens (tertiary/aromatic N) is 4. The number of hydrogen-bond donors (Lipinski definition) is 1. The molecule has 0 saturated carbocycles. The van der Waals surface area contributed by atoms with E-state index in [9.17, 15) is 4.79 Å². The second-order valence-electron chi connectivity index (χ2n) is 6.47. The third-order valence-electron chi connectivity index (χ3n) is 3.94. The molecule has 130 valence electrons. The molecular weight excluding hydrogens is 302 g/mol. The molecule has 0 aliphatic rings. The van der Waals surface area contributed by atoms with Gasteiger partial charge in [-0.1, -0.05) is 35.5 Å². The van der Waals surface area contributed by atoms with E-state index >= 15 is 0 Å². The lowest BCUT2D eigenvalue weighted by atomic mass is 10.2. The van der Waals surface area contributed by atoms with Crippen LogP contribution in [0.3, 0.4) is 0 Å². The monoisotopic (exact) mass is 329 g/mol. The van der Waals surface area contributed by atoms with Gasteiger partial charge in [0, 0.05) is 25.2 Å². The maximum atomic E-state index is 12.2. The topological polar surface area (TPSA) is 63.1 Å². The lowest BCUT2D eigenvalue weighted by Gasteiger charge is -2.30. The van der Waals surface area contributed by atoms with Gasteiger partial charge in [0.1, 0.15) is 0 Å². The molecule has 0 fully saturated rings. The zero-order valence-electron chi connectivity index (χ0n) is 14.9. The largest absolute Gasteiger partial charge is 0.349 e. The predicted octanol–water partition coefficient (Wildman–Crippen LogP) is 2.17. The summed E-state index contributed by atoms with van der Waals surface area (Å²) in [6, 6.07) is 10.9. The van der Waals surface area contributed by atoms with E-state index < -0.39 is 0 Å². The van der Waals surface area contributed by atoms with Crippen LogP contribution < -0.4 is 5.32 Å². The van der Waals surface area contributed by atoms with Gasteiger partial charge in [-0.2, -0.15) is 0 Å². The van der Waals surface area contributed by atoms with E-state index in [0.29, 0.717) is 30.9 Å². The molecule has 24 heavy (non-hydrogen) atoms. The fourth-order valence-corrected chi connectivity index (χ4v) is 2.75. The second kappa shape index (κ2) is 8.59. The summed E-state index contributed by atoms with van der Waals surface area (Å²) in [7, 11) is 0. The third-order valence-corrected chi connectivity index (χ3v) is 3.94. The van der Waals surface area contributed by atoms with Crippen molar-refractivity contribution in [1.29, 1.82) is 0 Å². The molecule has 6 nitrogen and oxygen atoms in total. The summed E-state index contributed by atoms with van der Waals surface area (Å²) in [5, 5.41) is 10.9. The molecule has 1 N–H and O–H groups in total. The van der Waals surface area contributed by atoms with Crippen molar-refractivity contribution in [1.82, 2.24) is 25.2 Å². The Hall–Kier alpha value is -2.21. The number of carbonyl (C=O) groups excluding carboxylic acids is 1. The van der Waals surface area contributed by atoms with E-state index in [4.69, 9.17) is 0 Å². The van der Waals surface area contributed by atoms with Gasteiger partial charge in [0.25, 0.3) is 5.91 Å². The van der Waals surface area contributed by atoms with E-state index in [2.05, 4.69) is 48.2 Å². The van der Waals surface area contributed by atoms with E-state index in [1.807, 2.05) is 30.3 Å². The van der Waals surface area contributed by atoms with Crippen LogP contribution in [-0.4, -0.2) is 51.0 Å². The molecule has 1 heterocycles. The molecule has 1 aromatic carbocycles. The van der Waals surface area contributed by atoms with Gasteiger partial charge in [-0.3, -0.25) is 9.69 Å². The summed E-state index contributed by atoms with van der Waals surface area (Å²) in [5.41, 5.74) is 1.48. The molecule has 0 saturated heterocycles. The maximum absolute atomic E-state index is 12.2. The molecule has 2 rings (SSSR count). The first kappa shape index (κ1) is 18.1. The lowest BCUT2D eigenvalue weighted by Crippen LogP contribution is -2.42. The molecule has 0 radical (unpaired) electrons. The van der Waals surface area contributed by atoms with E-state index in [1.54, 1.807) is 10.9 Å². The van der Waals surface area contributed by atoms with Crippen molar-refractivity contribution < 1.29 is 4.79 Å². The van der Waals surface area contributed by atoms with Crippen LogP contribution in [0.4, 0.5) is 0 Å². The van der Waals surface area contributed by atoms with Crippen molar-refractivity contribution in [3.05, 3.63) is 47.8 Å². The summed E-state index contributed by atoms with van der Waals surface area (Å²) in [4.78, 5) is 14.5. The Morgan fingerprint density at radius 2 is 1.83 bits per heavy atom. The number of hydrogen-bond acceptors (Lipinski definition) is 4. The highest BCUT2D eigenvalue weighted by molar-refractivity contribution is 5.91. The summed E-state index contributed by atoms with van der Waals surface area (Å²) in [6.07, 6.45) is 1.69. The van der Waals surface area contributed by atoms with Gasteiger partial charge in [-0.25, -0.2) is 4.68 Å². The quantitative estimate of drug-likeness (QED) is 0.806. The van der Waals surface area contributed by atoms with E-state index in [0.717, 1.165) is 12.1 Å². The second-order valence-corrected chi connectivity index (χ2v) is 6.47. The molecule has 0 bridgehead atoms. The van der Waals surface area contributed by atoms with Crippen LogP contribution in [0.2, 0.25) is 0 Å². The minimum Gasteiger partial charge on any atom is -0.349 e. The van der Waals surface area contributed by atoms with Crippen molar-refractivity contribution in [3.8, 4) is 0 Å². The van der Waals surface area contributed by atoms with Gasteiger partial charge in [0.15, 0.2) is 5.69 Å². The maximum Gasteiger partial charge on any atom is 0.273 e. The SMILES string of the molecule is CC(C)N(CCNC(=O)c1cn(Cc2ccccc2)nn1)C(C)C. The normalized spacial score (nSPS) is 11.5. The van der Waals surface area contributed by atoms with Crippen LogP contribution in [0.5, 0.6) is 0 Å². The molecule has 1 amide bonds. The summed E-state index contributed by atoms with van der Waals surface area (Å²) >= 11 is 0. The fourth-order valence-electron chi connectivity index (χ4n) is 2.75. The van der Waals surface area contributed by atoms with Gasteiger partial charge in [-0.05, 0) is 33.3 Å². The minimum atomic E-state index is -0.179. The number of rotatable bonds is 8.